The van der Waals surface area contributed by atoms with Crippen LogP contribution in [0.2, 0.25) is 0 Å². The van der Waals surface area contributed by atoms with Crippen LogP contribution in [0.25, 0.3) is 11.4 Å². The first-order chi connectivity index (χ1) is 13.2. The van der Waals surface area contributed by atoms with Crippen LogP contribution in [0.15, 0.2) is 54.2 Å². The zero-order valence-electron chi connectivity index (χ0n) is 15.5. The molecule has 0 aliphatic carbocycles. The Balaban J connectivity index is 1.31. The van der Waals surface area contributed by atoms with Crippen LogP contribution in [0.4, 0.5) is 0 Å². The fraction of sp³-hybridized carbons (Fsp3) is 0.333. The van der Waals surface area contributed by atoms with Gasteiger partial charge in [0.25, 0.3) is 5.91 Å². The molecule has 0 radical (unpaired) electrons. The van der Waals surface area contributed by atoms with E-state index < -0.39 is 0 Å². The second-order valence-electron chi connectivity index (χ2n) is 6.93. The number of benzene rings is 1. The summed E-state index contributed by atoms with van der Waals surface area (Å²) in [6, 6.07) is 12.3. The highest BCUT2D eigenvalue weighted by Crippen LogP contribution is 2.18. The molecule has 1 fully saturated rings. The molecule has 6 heteroatoms. The lowest BCUT2D eigenvalue weighted by Gasteiger charge is -2.34. The van der Waals surface area contributed by atoms with Crippen LogP contribution in [0.5, 0.6) is 0 Å². The number of aromatic nitrogens is 2. The summed E-state index contributed by atoms with van der Waals surface area (Å²) < 4.78 is 2.21. The molecule has 4 rings (SSSR count). The van der Waals surface area contributed by atoms with Gasteiger partial charge in [-0.05, 0) is 23.9 Å². The molecule has 0 saturated carbocycles. The van der Waals surface area contributed by atoms with Gasteiger partial charge in [0.05, 0.1) is 4.88 Å². The smallest absolute Gasteiger partial charge is 0.264 e. The van der Waals surface area contributed by atoms with Crippen molar-refractivity contribution in [1.82, 2.24) is 19.4 Å². The molecule has 1 aliphatic rings. The number of amides is 1. The molecule has 3 aromatic rings. The summed E-state index contributed by atoms with van der Waals surface area (Å²) in [4.78, 5) is 22.3. The van der Waals surface area contributed by atoms with Gasteiger partial charge in [-0.15, -0.1) is 11.3 Å². The number of hydrogen-bond acceptors (Lipinski definition) is 4. The molecule has 140 valence electrons. The van der Waals surface area contributed by atoms with E-state index in [2.05, 4.69) is 26.6 Å². The number of carbonyl (C=O) groups excluding carboxylic acids is 1. The number of rotatable bonds is 5. The molecular weight excluding hydrogens is 356 g/mol. The third kappa shape index (κ3) is 4.12. The molecule has 1 aliphatic heterocycles. The third-order valence-electron chi connectivity index (χ3n) is 5.01. The van der Waals surface area contributed by atoms with Gasteiger partial charge < -0.3 is 9.47 Å². The lowest BCUT2D eigenvalue weighted by Crippen LogP contribution is -2.49. The standard InChI is InChI=1S/C21H24N4OS/c1-17-15-19(27-16-17)21(26)25-13-10-23(11-14-25)9-12-24-8-7-22-20(24)18-5-3-2-4-6-18/h2-8,15-16H,9-14H2,1H3. The maximum absolute atomic E-state index is 12.6. The second kappa shape index (κ2) is 8.06. The van der Waals surface area contributed by atoms with Gasteiger partial charge in [0.2, 0.25) is 0 Å². The van der Waals surface area contributed by atoms with Gasteiger partial charge in [-0.2, -0.15) is 0 Å². The Morgan fingerprint density at radius 2 is 1.89 bits per heavy atom. The number of thiophene rings is 1. The minimum absolute atomic E-state index is 0.175. The van der Waals surface area contributed by atoms with Crippen LogP contribution in [0, 0.1) is 6.92 Å². The Morgan fingerprint density at radius 1 is 1.11 bits per heavy atom. The molecule has 1 saturated heterocycles. The summed E-state index contributed by atoms with van der Waals surface area (Å²) in [5, 5.41) is 2.04. The molecule has 2 aromatic heterocycles. The average molecular weight is 381 g/mol. The molecule has 0 N–H and O–H groups in total. The van der Waals surface area contributed by atoms with Crippen molar-refractivity contribution in [1.29, 1.82) is 0 Å². The Morgan fingerprint density at radius 3 is 2.59 bits per heavy atom. The number of nitrogens with zero attached hydrogens (tertiary/aromatic N) is 4. The van der Waals surface area contributed by atoms with E-state index in [0.717, 1.165) is 61.1 Å². The van der Waals surface area contributed by atoms with Crippen molar-refractivity contribution in [3.63, 3.8) is 0 Å². The topological polar surface area (TPSA) is 41.4 Å². The van der Waals surface area contributed by atoms with Gasteiger partial charge in [-0.25, -0.2) is 4.98 Å². The molecule has 27 heavy (non-hydrogen) atoms. The van der Waals surface area contributed by atoms with E-state index >= 15 is 0 Å². The molecule has 0 unspecified atom stereocenters. The molecule has 3 heterocycles. The van der Waals surface area contributed by atoms with Crippen molar-refractivity contribution in [2.24, 2.45) is 0 Å². The molecule has 0 atom stereocenters. The minimum atomic E-state index is 0.175. The molecule has 1 amide bonds. The highest BCUT2D eigenvalue weighted by Gasteiger charge is 2.23. The van der Waals surface area contributed by atoms with E-state index in [-0.39, 0.29) is 5.91 Å². The van der Waals surface area contributed by atoms with Crippen molar-refractivity contribution in [2.45, 2.75) is 13.5 Å². The van der Waals surface area contributed by atoms with E-state index in [1.54, 1.807) is 11.3 Å². The zero-order valence-corrected chi connectivity index (χ0v) is 16.4. The first-order valence-electron chi connectivity index (χ1n) is 9.34. The maximum Gasteiger partial charge on any atom is 0.264 e. The monoisotopic (exact) mass is 380 g/mol. The first kappa shape index (κ1) is 17.9. The van der Waals surface area contributed by atoms with E-state index in [1.807, 2.05) is 53.9 Å². The molecule has 1 aromatic carbocycles. The average Bonchev–Trinajstić information content (AvgIpc) is 3.36. The molecular formula is C21H24N4OS. The predicted molar refractivity (Wildman–Crippen MR) is 109 cm³/mol. The number of hydrogen-bond donors (Lipinski definition) is 0. The highest BCUT2D eigenvalue weighted by molar-refractivity contribution is 7.12. The van der Waals surface area contributed by atoms with Gasteiger partial charge in [-0.3, -0.25) is 9.69 Å². The summed E-state index contributed by atoms with van der Waals surface area (Å²) in [5.41, 5.74) is 2.31. The lowest BCUT2D eigenvalue weighted by molar-refractivity contribution is 0.0638. The molecule has 0 spiro atoms. The van der Waals surface area contributed by atoms with Crippen LogP contribution in [-0.4, -0.2) is 58.0 Å². The van der Waals surface area contributed by atoms with E-state index in [0.29, 0.717) is 0 Å². The van der Waals surface area contributed by atoms with Crippen molar-refractivity contribution >= 4 is 17.2 Å². The predicted octanol–water partition coefficient (Wildman–Crippen LogP) is 3.38. The summed E-state index contributed by atoms with van der Waals surface area (Å²) in [6.07, 6.45) is 3.91. The normalized spacial score (nSPS) is 15.2. The van der Waals surface area contributed by atoms with Crippen LogP contribution >= 0.6 is 11.3 Å². The van der Waals surface area contributed by atoms with Gasteiger partial charge in [0, 0.05) is 57.2 Å². The van der Waals surface area contributed by atoms with Crippen molar-refractivity contribution in [3.05, 3.63) is 64.6 Å². The van der Waals surface area contributed by atoms with E-state index in [4.69, 9.17) is 0 Å². The van der Waals surface area contributed by atoms with Crippen LogP contribution in [0.3, 0.4) is 0 Å². The number of imidazole rings is 1. The SMILES string of the molecule is Cc1csc(C(=O)N2CCN(CCn3ccnc3-c3ccccc3)CC2)c1. The summed E-state index contributed by atoms with van der Waals surface area (Å²) in [6.45, 7) is 7.34. The number of carbonyl (C=O) groups is 1. The minimum Gasteiger partial charge on any atom is -0.335 e. The van der Waals surface area contributed by atoms with Gasteiger partial charge in [0.1, 0.15) is 5.82 Å². The summed E-state index contributed by atoms with van der Waals surface area (Å²) >= 11 is 1.55. The van der Waals surface area contributed by atoms with Crippen molar-refractivity contribution < 1.29 is 4.79 Å². The van der Waals surface area contributed by atoms with Gasteiger partial charge in [0.15, 0.2) is 0 Å². The van der Waals surface area contributed by atoms with Crippen molar-refractivity contribution in [3.8, 4) is 11.4 Å². The zero-order chi connectivity index (χ0) is 18.6. The lowest BCUT2D eigenvalue weighted by atomic mass is 10.2. The highest BCUT2D eigenvalue weighted by atomic mass is 32.1. The summed E-state index contributed by atoms with van der Waals surface area (Å²) in [7, 11) is 0. The van der Waals surface area contributed by atoms with Crippen molar-refractivity contribution in [2.75, 3.05) is 32.7 Å². The fourth-order valence-corrected chi connectivity index (χ4v) is 4.32. The van der Waals surface area contributed by atoms with Crippen LogP contribution in [-0.2, 0) is 6.54 Å². The third-order valence-corrected chi connectivity index (χ3v) is 6.04. The fourth-order valence-electron chi connectivity index (χ4n) is 3.46. The first-order valence-corrected chi connectivity index (χ1v) is 10.2. The molecule has 5 nitrogen and oxygen atoms in total. The quantitative estimate of drug-likeness (QED) is 0.681. The maximum atomic E-state index is 12.6. The van der Waals surface area contributed by atoms with Crippen LogP contribution < -0.4 is 0 Å². The Bertz CT molecular complexity index is 894. The Kier molecular flexibility index (Phi) is 5.36. The molecule has 0 bridgehead atoms. The Labute approximate surface area is 163 Å². The largest absolute Gasteiger partial charge is 0.335 e. The van der Waals surface area contributed by atoms with Crippen LogP contribution in [0.1, 0.15) is 15.2 Å². The number of piperazine rings is 1. The second-order valence-corrected chi connectivity index (χ2v) is 7.84. The number of aryl methyl sites for hydroxylation is 1. The van der Waals surface area contributed by atoms with E-state index in [1.165, 1.54) is 0 Å². The Hall–Kier alpha value is -2.44. The van der Waals surface area contributed by atoms with E-state index in [9.17, 15) is 4.79 Å². The van der Waals surface area contributed by atoms with Gasteiger partial charge in [-0.1, -0.05) is 30.3 Å². The van der Waals surface area contributed by atoms with Gasteiger partial charge >= 0.3 is 0 Å². The summed E-state index contributed by atoms with van der Waals surface area (Å²) in [5.74, 6) is 1.19.